The van der Waals surface area contributed by atoms with Crippen molar-refractivity contribution in [3.63, 3.8) is 0 Å². The molecule has 0 fully saturated rings. The van der Waals surface area contributed by atoms with Crippen molar-refractivity contribution >= 4 is 31.9 Å². The third kappa shape index (κ3) is 2.72. The van der Waals surface area contributed by atoms with Gasteiger partial charge in [0.2, 0.25) is 0 Å². The van der Waals surface area contributed by atoms with E-state index in [1.165, 1.54) is 15.8 Å². The lowest BCUT2D eigenvalue weighted by Crippen LogP contribution is -2.24. The molecule has 1 aromatic carbocycles. The molecular weight excluding hydrogens is 360 g/mol. The summed E-state index contributed by atoms with van der Waals surface area (Å²) in [6.45, 7) is 4.61. The summed E-state index contributed by atoms with van der Waals surface area (Å²) in [5, 5.41) is 4.11. The quantitative estimate of drug-likeness (QED) is 0.810. The second kappa shape index (κ2) is 5.36. The van der Waals surface area contributed by atoms with Gasteiger partial charge in [-0.3, -0.25) is 4.79 Å². The third-order valence-corrected chi connectivity index (χ3v) is 4.75. The van der Waals surface area contributed by atoms with Gasteiger partial charge < -0.3 is 0 Å². The molecule has 0 aliphatic carbocycles. The highest BCUT2D eigenvalue weighted by Gasteiger charge is 2.07. The SMILES string of the molecule is Cc1ccc(Cn2ncc(Br)c(Br)c2=O)cc1C. The molecule has 0 N–H and O–H groups in total. The number of hydrogen-bond donors (Lipinski definition) is 0. The minimum atomic E-state index is -0.136. The van der Waals surface area contributed by atoms with E-state index in [0.29, 0.717) is 15.5 Å². The third-order valence-electron chi connectivity index (χ3n) is 2.85. The van der Waals surface area contributed by atoms with Crippen LogP contribution in [-0.2, 0) is 6.54 Å². The van der Waals surface area contributed by atoms with E-state index in [2.05, 4.69) is 62.9 Å². The molecule has 0 aliphatic heterocycles. The summed E-state index contributed by atoms with van der Waals surface area (Å²) in [4.78, 5) is 12.0. The fourth-order valence-corrected chi connectivity index (χ4v) is 2.20. The van der Waals surface area contributed by atoms with Gasteiger partial charge in [0.25, 0.3) is 5.56 Å². The second-order valence-corrected chi connectivity index (χ2v) is 5.84. The van der Waals surface area contributed by atoms with Crippen molar-refractivity contribution in [3.8, 4) is 0 Å². The summed E-state index contributed by atoms with van der Waals surface area (Å²) in [6, 6.07) is 6.16. The first kappa shape index (κ1) is 13.5. The van der Waals surface area contributed by atoms with Gasteiger partial charge in [0.1, 0.15) is 4.47 Å². The molecule has 0 bridgehead atoms. The molecule has 0 radical (unpaired) electrons. The highest BCUT2D eigenvalue weighted by atomic mass is 79.9. The lowest BCUT2D eigenvalue weighted by molar-refractivity contribution is 0.632. The summed E-state index contributed by atoms with van der Waals surface area (Å²) in [5.41, 5.74) is 3.40. The van der Waals surface area contributed by atoms with Crippen molar-refractivity contribution in [2.75, 3.05) is 0 Å². The van der Waals surface area contributed by atoms with Crippen LogP contribution in [0.2, 0.25) is 0 Å². The van der Waals surface area contributed by atoms with Gasteiger partial charge in [0, 0.05) is 0 Å². The van der Waals surface area contributed by atoms with Gasteiger partial charge in [0.15, 0.2) is 0 Å². The van der Waals surface area contributed by atoms with E-state index in [-0.39, 0.29) is 5.56 Å². The van der Waals surface area contributed by atoms with Crippen LogP contribution >= 0.6 is 31.9 Å². The van der Waals surface area contributed by atoms with Crippen LogP contribution in [0.3, 0.4) is 0 Å². The van der Waals surface area contributed by atoms with Gasteiger partial charge >= 0.3 is 0 Å². The Morgan fingerprint density at radius 2 is 1.94 bits per heavy atom. The van der Waals surface area contributed by atoms with Gasteiger partial charge in [-0.15, -0.1) is 0 Å². The van der Waals surface area contributed by atoms with Crippen LogP contribution in [0, 0.1) is 13.8 Å². The van der Waals surface area contributed by atoms with Gasteiger partial charge in [-0.05, 0) is 62.4 Å². The van der Waals surface area contributed by atoms with Crippen molar-refractivity contribution < 1.29 is 0 Å². The lowest BCUT2D eigenvalue weighted by Gasteiger charge is -2.08. The Morgan fingerprint density at radius 3 is 2.61 bits per heavy atom. The van der Waals surface area contributed by atoms with E-state index in [1.54, 1.807) is 6.20 Å². The Balaban J connectivity index is 2.37. The van der Waals surface area contributed by atoms with Crippen LogP contribution in [0.15, 0.2) is 38.1 Å². The second-order valence-electron chi connectivity index (χ2n) is 4.19. The molecule has 1 aromatic heterocycles. The highest BCUT2D eigenvalue weighted by molar-refractivity contribution is 9.13. The summed E-state index contributed by atoms with van der Waals surface area (Å²) < 4.78 is 2.61. The van der Waals surface area contributed by atoms with Crippen molar-refractivity contribution in [3.05, 3.63) is 60.4 Å². The first-order chi connectivity index (χ1) is 8.49. The molecule has 18 heavy (non-hydrogen) atoms. The number of benzene rings is 1. The normalized spacial score (nSPS) is 10.7. The molecule has 5 heteroatoms. The van der Waals surface area contributed by atoms with Crippen LogP contribution in [-0.4, -0.2) is 9.78 Å². The highest BCUT2D eigenvalue weighted by Crippen LogP contribution is 2.17. The molecule has 0 spiro atoms. The van der Waals surface area contributed by atoms with Crippen LogP contribution in [0.4, 0.5) is 0 Å². The molecule has 2 rings (SSSR count). The summed E-state index contributed by atoms with van der Waals surface area (Å²) in [5.74, 6) is 0. The van der Waals surface area contributed by atoms with Crippen LogP contribution in [0.25, 0.3) is 0 Å². The van der Waals surface area contributed by atoms with E-state index >= 15 is 0 Å². The number of aromatic nitrogens is 2. The number of rotatable bonds is 2. The molecule has 0 saturated carbocycles. The molecule has 0 atom stereocenters. The molecule has 1 heterocycles. The zero-order valence-electron chi connectivity index (χ0n) is 10.1. The van der Waals surface area contributed by atoms with E-state index in [9.17, 15) is 4.79 Å². The van der Waals surface area contributed by atoms with Crippen molar-refractivity contribution in [1.82, 2.24) is 9.78 Å². The molecular formula is C13H12Br2N2O. The molecule has 2 aromatic rings. The lowest BCUT2D eigenvalue weighted by atomic mass is 10.1. The Morgan fingerprint density at radius 1 is 1.22 bits per heavy atom. The number of nitrogens with zero attached hydrogens (tertiary/aromatic N) is 2. The monoisotopic (exact) mass is 370 g/mol. The van der Waals surface area contributed by atoms with E-state index in [4.69, 9.17) is 0 Å². The number of aryl methyl sites for hydroxylation is 2. The van der Waals surface area contributed by atoms with Gasteiger partial charge in [0.05, 0.1) is 17.2 Å². The van der Waals surface area contributed by atoms with E-state index < -0.39 is 0 Å². The maximum atomic E-state index is 12.0. The van der Waals surface area contributed by atoms with Crippen LogP contribution in [0.5, 0.6) is 0 Å². The van der Waals surface area contributed by atoms with Crippen molar-refractivity contribution in [1.29, 1.82) is 0 Å². The van der Waals surface area contributed by atoms with Crippen LogP contribution in [0.1, 0.15) is 16.7 Å². The predicted molar refractivity (Wildman–Crippen MR) is 78.9 cm³/mol. The maximum Gasteiger partial charge on any atom is 0.282 e. The average molecular weight is 372 g/mol. The minimum absolute atomic E-state index is 0.136. The number of hydrogen-bond acceptors (Lipinski definition) is 2. The molecule has 0 saturated heterocycles. The zero-order valence-corrected chi connectivity index (χ0v) is 13.2. The smallest absolute Gasteiger partial charge is 0.266 e. The fourth-order valence-electron chi connectivity index (χ4n) is 1.63. The maximum absolute atomic E-state index is 12.0. The predicted octanol–water partition coefficient (Wildman–Crippen LogP) is 3.43. The first-order valence-electron chi connectivity index (χ1n) is 5.46. The summed E-state index contributed by atoms with van der Waals surface area (Å²) >= 11 is 6.51. The Hall–Kier alpha value is -0.940. The minimum Gasteiger partial charge on any atom is -0.266 e. The summed E-state index contributed by atoms with van der Waals surface area (Å²) in [7, 11) is 0. The van der Waals surface area contributed by atoms with Gasteiger partial charge in [-0.1, -0.05) is 18.2 Å². The Bertz CT molecular complexity index is 650. The zero-order chi connectivity index (χ0) is 13.3. The van der Waals surface area contributed by atoms with Gasteiger partial charge in [-0.25, -0.2) is 4.68 Å². The fraction of sp³-hybridized carbons (Fsp3) is 0.231. The van der Waals surface area contributed by atoms with E-state index in [0.717, 1.165) is 5.56 Å². The Kier molecular flexibility index (Phi) is 4.02. The molecule has 0 amide bonds. The summed E-state index contributed by atoms with van der Waals surface area (Å²) in [6.07, 6.45) is 1.62. The molecule has 3 nitrogen and oxygen atoms in total. The molecule has 0 unspecified atom stereocenters. The largest absolute Gasteiger partial charge is 0.282 e. The first-order valence-corrected chi connectivity index (χ1v) is 7.05. The standard InChI is InChI=1S/C13H12Br2N2O/c1-8-3-4-10(5-9(8)2)7-17-13(18)12(15)11(14)6-16-17/h3-6H,7H2,1-2H3. The molecule has 0 aliphatic rings. The molecule has 94 valence electrons. The topological polar surface area (TPSA) is 34.9 Å². The van der Waals surface area contributed by atoms with Crippen LogP contribution < -0.4 is 5.56 Å². The Labute approximate surface area is 122 Å². The van der Waals surface area contributed by atoms with Gasteiger partial charge in [-0.2, -0.15) is 5.10 Å². The van der Waals surface area contributed by atoms with E-state index in [1.807, 2.05) is 6.07 Å². The average Bonchev–Trinajstić information content (AvgIpc) is 2.34. The van der Waals surface area contributed by atoms with Crippen molar-refractivity contribution in [2.45, 2.75) is 20.4 Å². The van der Waals surface area contributed by atoms with Crippen molar-refractivity contribution in [2.24, 2.45) is 0 Å². The number of halogens is 2.